The predicted molar refractivity (Wildman–Crippen MR) is 136 cm³/mol. The minimum absolute atomic E-state index is 0.118. The van der Waals surface area contributed by atoms with Gasteiger partial charge in [-0.15, -0.1) is 0 Å². The first-order chi connectivity index (χ1) is 16.0. The Kier molecular flexibility index (Phi) is 7.19. The fraction of sp³-hybridized carbons (Fsp3) is 0.423. The fourth-order valence-corrected chi connectivity index (χ4v) is 3.60. The van der Waals surface area contributed by atoms with E-state index in [-0.39, 0.29) is 17.3 Å². The van der Waals surface area contributed by atoms with E-state index in [1.807, 2.05) is 23.9 Å². The number of aryl methyl sites for hydroxylation is 1. The van der Waals surface area contributed by atoms with Gasteiger partial charge in [0.25, 0.3) is 0 Å². The third-order valence-corrected chi connectivity index (χ3v) is 5.87. The molecule has 3 aromatic rings. The Labute approximate surface area is 201 Å². The molecule has 34 heavy (non-hydrogen) atoms. The Morgan fingerprint density at radius 3 is 2.53 bits per heavy atom. The van der Waals surface area contributed by atoms with E-state index in [9.17, 15) is 5.11 Å². The Hall–Kier alpha value is -3.55. The summed E-state index contributed by atoms with van der Waals surface area (Å²) in [4.78, 5) is 9.36. The minimum atomic E-state index is -0.168. The lowest BCUT2D eigenvalue weighted by molar-refractivity contribution is 0.312. The average Bonchev–Trinajstić information content (AvgIpc) is 3.41. The molecule has 3 heterocycles. The molecule has 0 spiro atoms. The van der Waals surface area contributed by atoms with Gasteiger partial charge in [0.2, 0.25) is 5.88 Å². The number of hydrogen-bond donors (Lipinski definition) is 1. The zero-order valence-electron chi connectivity index (χ0n) is 21.4. The Bertz CT molecular complexity index is 1260. The van der Waals surface area contributed by atoms with E-state index in [1.54, 1.807) is 37.4 Å². The van der Waals surface area contributed by atoms with Crippen LogP contribution in [0.15, 0.2) is 48.2 Å². The highest BCUT2D eigenvalue weighted by Gasteiger charge is 2.20. The zero-order valence-corrected chi connectivity index (χ0v) is 21.4. The quantitative estimate of drug-likeness (QED) is 0.213. The first-order valence-electron chi connectivity index (χ1n) is 11.3. The summed E-state index contributed by atoms with van der Waals surface area (Å²) in [6, 6.07) is 1.90. The fourth-order valence-electron chi connectivity index (χ4n) is 3.60. The molecular weight excluding hydrogens is 430 g/mol. The summed E-state index contributed by atoms with van der Waals surface area (Å²) in [5.41, 5.74) is 3.38. The van der Waals surface area contributed by atoms with Crippen LogP contribution in [-0.4, -0.2) is 44.6 Å². The summed E-state index contributed by atoms with van der Waals surface area (Å²) < 4.78 is 14.4. The van der Waals surface area contributed by atoms with Gasteiger partial charge in [-0.1, -0.05) is 20.4 Å². The van der Waals surface area contributed by atoms with E-state index in [4.69, 9.17) is 14.5 Å². The number of ether oxygens (including phenoxy) is 2. The molecule has 0 aliphatic rings. The first kappa shape index (κ1) is 25.1. The molecule has 0 saturated heterocycles. The summed E-state index contributed by atoms with van der Waals surface area (Å²) in [6.45, 7) is 16.3. The molecule has 0 aliphatic heterocycles. The van der Waals surface area contributed by atoms with Gasteiger partial charge in [0, 0.05) is 24.5 Å². The lowest BCUT2D eigenvalue weighted by Crippen LogP contribution is -2.21. The Morgan fingerprint density at radius 1 is 1.26 bits per heavy atom. The average molecular weight is 466 g/mol. The van der Waals surface area contributed by atoms with Crippen LogP contribution in [0.3, 0.4) is 0 Å². The highest BCUT2D eigenvalue weighted by Crippen LogP contribution is 2.34. The maximum absolute atomic E-state index is 11.0. The van der Waals surface area contributed by atoms with Crippen LogP contribution in [0.4, 0.5) is 0 Å². The van der Waals surface area contributed by atoms with Crippen molar-refractivity contribution < 1.29 is 14.6 Å². The van der Waals surface area contributed by atoms with Crippen molar-refractivity contribution in [3.63, 3.8) is 0 Å². The van der Waals surface area contributed by atoms with Crippen LogP contribution in [0.2, 0.25) is 0 Å². The molecule has 0 amide bonds. The topological polar surface area (TPSA) is 86.7 Å². The van der Waals surface area contributed by atoms with Gasteiger partial charge in [-0.3, -0.25) is 9.25 Å². The van der Waals surface area contributed by atoms with Crippen LogP contribution >= 0.6 is 0 Å². The van der Waals surface area contributed by atoms with E-state index >= 15 is 0 Å². The van der Waals surface area contributed by atoms with Crippen LogP contribution in [0.5, 0.6) is 5.88 Å². The molecule has 0 fully saturated rings. The van der Waals surface area contributed by atoms with Gasteiger partial charge in [0.1, 0.15) is 5.76 Å². The second-order valence-corrected chi connectivity index (χ2v) is 9.37. The number of methoxy groups -OCH3 is 2. The Balaban J connectivity index is 2.14. The molecule has 1 N–H and O–H groups in total. The van der Waals surface area contributed by atoms with Crippen molar-refractivity contribution in [2.75, 3.05) is 14.2 Å². The van der Waals surface area contributed by atoms with Crippen molar-refractivity contribution in [1.29, 1.82) is 0 Å². The molecule has 8 nitrogen and oxygen atoms in total. The van der Waals surface area contributed by atoms with Crippen LogP contribution in [0, 0.1) is 12.8 Å². The minimum Gasteiger partial charge on any atom is -0.497 e. The first-order valence-corrected chi connectivity index (χ1v) is 11.3. The number of fused-ring (bicyclic) bond motifs is 1. The predicted octanol–water partition coefficient (Wildman–Crippen LogP) is 5.58. The lowest BCUT2D eigenvalue weighted by atomic mass is 10.1. The maximum atomic E-state index is 11.0. The van der Waals surface area contributed by atoms with Gasteiger partial charge < -0.3 is 14.6 Å². The second kappa shape index (κ2) is 9.75. The van der Waals surface area contributed by atoms with E-state index in [0.29, 0.717) is 33.8 Å². The summed E-state index contributed by atoms with van der Waals surface area (Å²) in [7, 11) is 3.18. The van der Waals surface area contributed by atoms with E-state index < -0.39 is 0 Å². The molecule has 0 aromatic carbocycles. The molecular formula is C26H35N5O3. The van der Waals surface area contributed by atoms with E-state index in [0.717, 1.165) is 17.7 Å². The summed E-state index contributed by atoms with van der Waals surface area (Å²) in [5, 5.41) is 16.1. The van der Waals surface area contributed by atoms with Gasteiger partial charge >= 0.3 is 0 Å². The van der Waals surface area contributed by atoms with Crippen molar-refractivity contribution in [3.8, 4) is 11.6 Å². The van der Waals surface area contributed by atoms with Crippen molar-refractivity contribution in [3.05, 3.63) is 54.5 Å². The third kappa shape index (κ3) is 4.85. The normalized spacial score (nSPS) is 13.9. The molecule has 3 rings (SSSR count). The number of aromatic nitrogens is 4. The summed E-state index contributed by atoms with van der Waals surface area (Å²) in [5.74, 6) is 1.36. The van der Waals surface area contributed by atoms with Crippen LogP contribution in [0.1, 0.15) is 52.3 Å². The standard InChI is InChI=1S/C26H35N5O3/c1-10-16(2)24(34-9)27-13-20(18(4)33-8)21-11-17(3)23-22(29-21)15-30(25(23)32)19-12-28-31(14-19)26(5,6)7/h11-16,32H,4,10H2,1-3,5-9H3/b20-13+,27-24?. The van der Waals surface area contributed by atoms with Gasteiger partial charge in [-0.05, 0) is 45.7 Å². The summed E-state index contributed by atoms with van der Waals surface area (Å²) >= 11 is 0. The van der Waals surface area contributed by atoms with E-state index in [2.05, 4.69) is 51.3 Å². The second-order valence-electron chi connectivity index (χ2n) is 9.37. The smallest absolute Gasteiger partial charge is 0.205 e. The number of hydrogen-bond acceptors (Lipinski definition) is 6. The number of aliphatic imine (C=N–C) groups is 1. The van der Waals surface area contributed by atoms with Gasteiger partial charge in [0.05, 0.1) is 53.8 Å². The molecule has 0 bridgehead atoms. The van der Waals surface area contributed by atoms with Crippen molar-refractivity contribution >= 4 is 22.4 Å². The van der Waals surface area contributed by atoms with Crippen LogP contribution < -0.4 is 0 Å². The SMILES string of the molecule is C=C(OC)/C(=C\N=C(OC)C(C)CC)c1cc(C)c2c(O)n(-c3cnn(C(C)(C)C)c3)cc2n1. The van der Waals surface area contributed by atoms with Crippen LogP contribution in [-0.2, 0) is 15.0 Å². The lowest BCUT2D eigenvalue weighted by Gasteiger charge is -2.18. The molecule has 182 valence electrons. The van der Waals surface area contributed by atoms with Gasteiger partial charge in [-0.25, -0.2) is 9.98 Å². The van der Waals surface area contributed by atoms with Gasteiger partial charge in [-0.2, -0.15) is 5.10 Å². The molecule has 0 saturated carbocycles. The maximum Gasteiger partial charge on any atom is 0.205 e. The number of rotatable bonds is 7. The highest BCUT2D eigenvalue weighted by molar-refractivity contribution is 5.91. The van der Waals surface area contributed by atoms with Crippen LogP contribution in [0.25, 0.3) is 22.2 Å². The highest BCUT2D eigenvalue weighted by atomic mass is 16.5. The molecule has 3 aromatic heterocycles. The molecule has 8 heteroatoms. The monoisotopic (exact) mass is 465 g/mol. The third-order valence-electron chi connectivity index (χ3n) is 5.87. The number of allylic oxidation sites excluding steroid dienone is 1. The number of pyridine rings is 1. The van der Waals surface area contributed by atoms with Crippen molar-refractivity contribution in [2.45, 2.75) is 53.5 Å². The number of aromatic hydroxyl groups is 1. The Morgan fingerprint density at radius 2 is 1.97 bits per heavy atom. The van der Waals surface area contributed by atoms with Gasteiger partial charge in [0.15, 0.2) is 5.90 Å². The van der Waals surface area contributed by atoms with Crippen molar-refractivity contribution in [2.24, 2.45) is 10.9 Å². The van der Waals surface area contributed by atoms with E-state index in [1.165, 1.54) is 0 Å². The zero-order chi connectivity index (χ0) is 25.2. The molecule has 0 radical (unpaired) electrons. The largest absolute Gasteiger partial charge is 0.497 e. The number of nitrogens with zero attached hydrogens (tertiary/aromatic N) is 5. The molecule has 1 unspecified atom stereocenters. The molecule has 1 atom stereocenters. The molecule has 0 aliphatic carbocycles. The van der Waals surface area contributed by atoms with Crippen molar-refractivity contribution in [1.82, 2.24) is 19.3 Å². The summed E-state index contributed by atoms with van der Waals surface area (Å²) in [6.07, 6.45) is 8.02.